The Morgan fingerprint density at radius 2 is 1.60 bits per heavy atom. The van der Waals surface area contributed by atoms with Gasteiger partial charge in [-0.05, 0) is 30.3 Å². The lowest BCUT2D eigenvalue weighted by Crippen LogP contribution is -2.51. The topological polar surface area (TPSA) is 55.8 Å². The summed E-state index contributed by atoms with van der Waals surface area (Å²) >= 11 is 17.6. The summed E-state index contributed by atoms with van der Waals surface area (Å²) in [6.07, 6.45) is -4.65. The van der Waals surface area contributed by atoms with Crippen LogP contribution in [0.3, 0.4) is 0 Å². The number of hydrazine groups is 1. The van der Waals surface area contributed by atoms with Crippen molar-refractivity contribution in [1.82, 2.24) is 0 Å². The molecule has 0 saturated heterocycles. The van der Waals surface area contributed by atoms with Crippen molar-refractivity contribution in [3.05, 3.63) is 51.0 Å². The van der Waals surface area contributed by atoms with Crippen LogP contribution in [-0.2, 0) is 6.18 Å². The van der Waals surface area contributed by atoms with Crippen LogP contribution in [0.4, 0.5) is 35.0 Å². The predicted molar refractivity (Wildman–Crippen MR) is 88.7 cm³/mol. The molecule has 1 aliphatic rings. The van der Waals surface area contributed by atoms with Gasteiger partial charge in [0.15, 0.2) is 0 Å². The van der Waals surface area contributed by atoms with E-state index in [2.05, 4.69) is 5.32 Å². The molecular formula is C14H7Cl3F3N3O2. The second-order valence-corrected chi connectivity index (χ2v) is 6.20. The Morgan fingerprint density at radius 1 is 0.960 bits per heavy atom. The molecule has 2 aromatic carbocycles. The van der Waals surface area contributed by atoms with Gasteiger partial charge < -0.3 is 5.32 Å². The fourth-order valence-electron chi connectivity index (χ4n) is 2.23. The highest BCUT2D eigenvalue weighted by Gasteiger charge is 2.36. The smallest absolute Gasteiger partial charge is 0.304 e. The third kappa shape index (κ3) is 3.18. The highest BCUT2D eigenvalue weighted by Crippen LogP contribution is 2.41. The van der Waals surface area contributed by atoms with Crippen molar-refractivity contribution in [2.75, 3.05) is 15.5 Å². The molecule has 0 fully saturated rings. The SMILES string of the molecule is O=C1Nc2cc(Cl)c(Cl)cc2N(O)N1c1cc(C(F)(F)F)ccc1Cl. The van der Waals surface area contributed by atoms with E-state index in [1.807, 2.05) is 0 Å². The zero-order chi connectivity index (χ0) is 18.5. The molecule has 2 amide bonds. The molecule has 0 bridgehead atoms. The number of benzene rings is 2. The molecule has 5 nitrogen and oxygen atoms in total. The average molecular weight is 413 g/mol. The van der Waals surface area contributed by atoms with E-state index in [1.165, 1.54) is 12.1 Å². The van der Waals surface area contributed by atoms with Gasteiger partial charge in [-0.3, -0.25) is 5.21 Å². The number of carbonyl (C=O) groups is 1. The number of nitrogens with zero attached hydrogens (tertiary/aromatic N) is 2. The molecule has 11 heteroatoms. The number of alkyl halides is 3. The van der Waals surface area contributed by atoms with Crippen LogP contribution < -0.4 is 15.5 Å². The van der Waals surface area contributed by atoms with Gasteiger partial charge in [0.25, 0.3) is 0 Å². The zero-order valence-electron chi connectivity index (χ0n) is 11.9. The van der Waals surface area contributed by atoms with E-state index in [-0.39, 0.29) is 32.1 Å². The van der Waals surface area contributed by atoms with Gasteiger partial charge in [0.05, 0.1) is 32.0 Å². The zero-order valence-corrected chi connectivity index (χ0v) is 14.2. The van der Waals surface area contributed by atoms with E-state index in [0.717, 1.165) is 12.1 Å². The molecule has 0 aliphatic carbocycles. The lowest BCUT2D eigenvalue weighted by Gasteiger charge is -2.36. The van der Waals surface area contributed by atoms with Gasteiger partial charge in [-0.2, -0.15) is 23.4 Å². The van der Waals surface area contributed by atoms with E-state index in [0.29, 0.717) is 16.2 Å². The van der Waals surface area contributed by atoms with Crippen LogP contribution in [0.1, 0.15) is 5.56 Å². The summed E-state index contributed by atoms with van der Waals surface area (Å²) in [4.78, 5) is 12.3. The van der Waals surface area contributed by atoms with Gasteiger partial charge in [-0.25, -0.2) is 4.79 Å². The lowest BCUT2D eigenvalue weighted by atomic mass is 10.2. The Morgan fingerprint density at radius 3 is 2.24 bits per heavy atom. The van der Waals surface area contributed by atoms with Crippen molar-refractivity contribution in [3.8, 4) is 0 Å². The molecule has 0 unspecified atom stereocenters. The van der Waals surface area contributed by atoms with Gasteiger partial charge in [-0.15, -0.1) is 0 Å². The summed E-state index contributed by atoms with van der Waals surface area (Å²) in [7, 11) is 0. The molecule has 3 rings (SSSR count). The summed E-state index contributed by atoms with van der Waals surface area (Å²) in [5, 5.41) is 13.6. The van der Waals surface area contributed by atoms with E-state index in [9.17, 15) is 23.2 Å². The monoisotopic (exact) mass is 411 g/mol. The Labute approximate surface area is 154 Å². The van der Waals surface area contributed by atoms with Crippen molar-refractivity contribution in [1.29, 1.82) is 0 Å². The highest BCUT2D eigenvalue weighted by atomic mass is 35.5. The first-order valence-corrected chi connectivity index (χ1v) is 7.69. The van der Waals surface area contributed by atoms with Crippen LogP contribution in [0, 0.1) is 0 Å². The van der Waals surface area contributed by atoms with Crippen LogP contribution in [-0.4, -0.2) is 11.2 Å². The second kappa shape index (κ2) is 6.14. The quantitative estimate of drug-likeness (QED) is 0.620. The Bertz CT molecular complexity index is 876. The summed E-state index contributed by atoms with van der Waals surface area (Å²) < 4.78 is 38.8. The molecule has 2 N–H and O–H groups in total. The number of anilines is 3. The minimum atomic E-state index is -4.65. The second-order valence-electron chi connectivity index (χ2n) is 4.98. The third-order valence-corrected chi connectivity index (χ3v) is 4.42. The number of carbonyl (C=O) groups excluding carboxylic acids is 1. The van der Waals surface area contributed by atoms with Crippen LogP contribution in [0.15, 0.2) is 30.3 Å². The molecule has 0 spiro atoms. The van der Waals surface area contributed by atoms with Crippen molar-refractivity contribution >= 4 is 57.9 Å². The number of urea groups is 1. The predicted octanol–water partition coefficient (Wildman–Crippen LogP) is 5.83. The number of hydrogen-bond donors (Lipinski definition) is 2. The number of rotatable bonds is 1. The summed E-state index contributed by atoms with van der Waals surface area (Å²) in [6, 6.07) is 3.99. The first kappa shape index (κ1) is 17.9. The Kier molecular flexibility index (Phi) is 4.40. The van der Waals surface area contributed by atoms with Crippen molar-refractivity contribution in [2.45, 2.75) is 6.18 Å². The van der Waals surface area contributed by atoms with E-state index >= 15 is 0 Å². The van der Waals surface area contributed by atoms with E-state index in [1.54, 1.807) is 0 Å². The first-order valence-electron chi connectivity index (χ1n) is 6.55. The van der Waals surface area contributed by atoms with Crippen LogP contribution in [0.5, 0.6) is 0 Å². The normalized spacial score (nSPS) is 14.4. The number of hydrogen-bond acceptors (Lipinski definition) is 3. The highest BCUT2D eigenvalue weighted by molar-refractivity contribution is 6.42. The summed E-state index contributed by atoms with van der Waals surface area (Å²) in [5.74, 6) is 0. The maximum atomic E-state index is 12.9. The fourth-order valence-corrected chi connectivity index (χ4v) is 2.75. The molecule has 1 aliphatic heterocycles. The van der Waals surface area contributed by atoms with Gasteiger partial charge in [0.2, 0.25) is 0 Å². The molecule has 0 radical (unpaired) electrons. The molecule has 132 valence electrons. The molecule has 0 atom stereocenters. The van der Waals surface area contributed by atoms with E-state index in [4.69, 9.17) is 34.8 Å². The van der Waals surface area contributed by atoms with Gasteiger partial charge in [0, 0.05) is 0 Å². The summed E-state index contributed by atoms with van der Waals surface area (Å²) in [6.45, 7) is 0. The number of fused-ring (bicyclic) bond motifs is 1. The fraction of sp³-hybridized carbons (Fsp3) is 0.0714. The lowest BCUT2D eigenvalue weighted by molar-refractivity contribution is -0.137. The van der Waals surface area contributed by atoms with Crippen LogP contribution in [0.2, 0.25) is 15.1 Å². The maximum Gasteiger partial charge on any atom is 0.416 e. The van der Waals surface area contributed by atoms with Gasteiger partial charge in [0.1, 0.15) is 5.69 Å². The Balaban J connectivity index is 2.12. The minimum Gasteiger partial charge on any atom is -0.304 e. The van der Waals surface area contributed by atoms with Crippen molar-refractivity contribution in [2.24, 2.45) is 0 Å². The molecule has 0 saturated carbocycles. The molecular weight excluding hydrogens is 406 g/mol. The number of amides is 2. The number of nitrogens with one attached hydrogen (secondary N) is 1. The first-order chi connectivity index (χ1) is 11.6. The van der Waals surface area contributed by atoms with Gasteiger partial charge >= 0.3 is 12.2 Å². The average Bonchev–Trinajstić information content (AvgIpc) is 2.50. The van der Waals surface area contributed by atoms with Crippen molar-refractivity contribution in [3.63, 3.8) is 0 Å². The van der Waals surface area contributed by atoms with Crippen LogP contribution >= 0.6 is 34.8 Å². The third-order valence-electron chi connectivity index (χ3n) is 3.38. The molecule has 25 heavy (non-hydrogen) atoms. The van der Waals surface area contributed by atoms with Crippen LogP contribution in [0.25, 0.3) is 0 Å². The minimum absolute atomic E-state index is 0.00229. The largest absolute Gasteiger partial charge is 0.416 e. The molecule has 0 aromatic heterocycles. The number of halogens is 6. The molecule has 1 heterocycles. The van der Waals surface area contributed by atoms with Crippen molar-refractivity contribution < 1.29 is 23.2 Å². The maximum absolute atomic E-state index is 12.9. The Hall–Kier alpha value is -1.87. The summed E-state index contributed by atoms with van der Waals surface area (Å²) in [5.41, 5.74) is -1.27. The molecule has 2 aromatic rings. The van der Waals surface area contributed by atoms with E-state index < -0.39 is 17.8 Å². The van der Waals surface area contributed by atoms with Gasteiger partial charge in [-0.1, -0.05) is 34.8 Å². The standard InChI is InChI=1S/C14H7Cl3F3N3O2/c15-7-2-1-6(14(18,19)20)3-11(7)22-13(24)21-10-4-8(16)9(17)5-12(10)23(22)25/h1-5,25H,(H,21,24).